The minimum Gasteiger partial charge on any atom is -0.382 e. The van der Waals surface area contributed by atoms with Gasteiger partial charge in [0.1, 0.15) is 16.6 Å². The van der Waals surface area contributed by atoms with Crippen molar-refractivity contribution in [1.29, 1.82) is 5.26 Å². The van der Waals surface area contributed by atoms with E-state index in [4.69, 9.17) is 11.0 Å². The summed E-state index contributed by atoms with van der Waals surface area (Å²) in [7, 11) is 0. The molecule has 0 bridgehead atoms. The first-order valence-electron chi connectivity index (χ1n) is 5.39. The van der Waals surface area contributed by atoms with E-state index in [9.17, 15) is 4.79 Å². The number of nitrogens with one attached hydrogen (secondary N) is 2. The zero-order valence-electron chi connectivity index (χ0n) is 9.19. The molecule has 6 nitrogen and oxygen atoms in total. The van der Waals surface area contributed by atoms with Crippen LogP contribution in [0.5, 0.6) is 0 Å². The Labute approximate surface area is 103 Å². The number of nitrogens with two attached hydrogens (primary N) is 1. The molecule has 1 aliphatic carbocycles. The Morgan fingerprint density at radius 1 is 1.65 bits per heavy atom. The van der Waals surface area contributed by atoms with Gasteiger partial charge in [0.15, 0.2) is 5.82 Å². The van der Waals surface area contributed by atoms with E-state index in [0.717, 1.165) is 24.4 Å². The highest BCUT2D eigenvalue weighted by molar-refractivity contribution is 7.10. The van der Waals surface area contributed by atoms with Crippen LogP contribution in [0.15, 0.2) is 0 Å². The number of amides is 1. The summed E-state index contributed by atoms with van der Waals surface area (Å²) in [5, 5.41) is 15.4. The molecule has 0 saturated heterocycles. The van der Waals surface area contributed by atoms with Crippen LogP contribution in [0.2, 0.25) is 0 Å². The van der Waals surface area contributed by atoms with E-state index < -0.39 is 0 Å². The van der Waals surface area contributed by atoms with Gasteiger partial charge in [-0.1, -0.05) is 0 Å². The molecular weight excluding hydrogens is 238 g/mol. The summed E-state index contributed by atoms with van der Waals surface area (Å²) in [5.74, 6) is 0.276. The lowest BCUT2D eigenvalue weighted by Crippen LogP contribution is -2.27. The predicted molar refractivity (Wildman–Crippen MR) is 65.5 cm³/mol. The molecule has 0 spiro atoms. The SMILES string of the molecule is N#Cc1c(N)nsc1NCCC(=O)NC1CC1. The van der Waals surface area contributed by atoms with Gasteiger partial charge in [-0.25, -0.2) is 0 Å². The number of anilines is 2. The van der Waals surface area contributed by atoms with Gasteiger partial charge >= 0.3 is 0 Å². The number of aromatic nitrogens is 1. The first-order chi connectivity index (χ1) is 8.20. The molecule has 1 heterocycles. The van der Waals surface area contributed by atoms with E-state index in [1.54, 1.807) is 0 Å². The molecule has 2 rings (SSSR count). The van der Waals surface area contributed by atoms with E-state index in [2.05, 4.69) is 15.0 Å². The number of hydrogen-bond donors (Lipinski definition) is 3. The Hall–Kier alpha value is -1.81. The monoisotopic (exact) mass is 251 g/mol. The van der Waals surface area contributed by atoms with Crippen LogP contribution in [0.1, 0.15) is 24.8 Å². The standard InChI is InChI=1S/C10H13N5OS/c11-5-7-9(12)15-17-10(7)13-4-3-8(16)14-6-1-2-6/h6,13H,1-4H2,(H2,12,15)(H,14,16). The molecular formula is C10H13N5OS. The maximum absolute atomic E-state index is 11.4. The first-order valence-corrected chi connectivity index (χ1v) is 6.16. The normalized spacial score (nSPS) is 14.1. The maximum Gasteiger partial charge on any atom is 0.221 e. The Balaban J connectivity index is 1.77. The van der Waals surface area contributed by atoms with Crippen molar-refractivity contribution in [3.8, 4) is 6.07 Å². The van der Waals surface area contributed by atoms with E-state index in [0.29, 0.717) is 29.6 Å². The van der Waals surface area contributed by atoms with Crippen LogP contribution in [0.25, 0.3) is 0 Å². The molecule has 0 aliphatic heterocycles. The summed E-state index contributed by atoms with van der Waals surface area (Å²) in [5.41, 5.74) is 5.87. The summed E-state index contributed by atoms with van der Waals surface area (Å²) in [6.07, 6.45) is 2.56. The van der Waals surface area contributed by atoms with Crippen LogP contribution in [0, 0.1) is 11.3 Å². The highest BCUT2D eigenvalue weighted by atomic mass is 32.1. The second-order valence-electron chi connectivity index (χ2n) is 3.90. The molecule has 7 heteroatoms. The molecule has 1 aromatic heterocycles. The average Bonchev–Trinajstić information content (AvgIpc) is 3.03. The summed E-state index contributed by atoms with van der Waals surface area (Å²) < 4.78 is 3.88. The third kappa shape index (κ3) is 3.07. The Kier molecular flexibility index (Phi) is 3.44. The summed E-state index contributed by atoms with van der Waals surface area (Å²) in [4.78, 5) is 11.4. The minimum atomic E-state index is 0.0380. The molecule has 1 saturated carbocycles. The number of nitriles is 1. The molecule has 0 unspecified atom stereocenters. The third-order valence-corrected chi connectivity index (χ3v) is 3.23. The Bertz CT molecular complexity index is 460. The van der Waals surface area contributed by atoms with E-state index >= 15 is 0 Å². The lowest BCUT2D eigenvalue weighted by molar-refractivity contribution is -0.120. The van der Waals surface area contributed by atoms with Gasteiger partial charge in [0.05, 0.1) is 0 Å². The molecule has 0 radical (unpaired) electrons. The van der Waals surface area contributed by atoms with Gasteiger partial charge < -0.3 is 16.4 Å². The highest BCUT2D eigenvalue weighted by Gasteiger charge is 2.22. The average molecular weight is 251 g/mol. The van der Waals surface area contributed by atoms with E-state index in [-0.39, 0.29) is 11.7 Å². The van der Waals surface area contributed by atoms with Crippen molar-refractivity contribution >= 4 is 28.3 Å². The lowest BCUT2D eigenvalue weighted by atomic mass is 10.3. The fourth-order valence-electron chi connectivity index (χ4n) is 1.35. The zero-order chi connectivity index (χ0) is 12.3. The Morgan fingerprint density at radius 3 is 3.06 bits per heavy atom. The van der Waals surface area contributed by atoms with Crippen molar-refractivity contribution in [1.82, 2.24) is 9.69 Å². The van der Waals surface area contributed by atoms with Crippen LogP contribution in [0.4, 0.5) is 10.8 Å². The van der Waals surface area contributed by atoms with Gasteiger partial charge in [-0.2, -0.15) is 9.64 Å². The molecule has 0 aromatic carbocycles. The van der Waals surface area contributed by atoms with Crippen molar-refractivity contribution < 1.29 is 4.79 Å². The van der Waals surface area contributed by atoms with Crippen molar-refractivity contribution in [2.24, 2.45) is 0 Å². The minimum absolute atomic E-state index is 0.0380. The van der Waals surface area contributed by atoms with Crippen LogP contribution >= 0.6 is 11.5 Å². The number of rotatable bonds is 5. The van der Waals surface area contributed by atoms with Crippen LogP contribution in [-0.2, 0) is 4.79 Å². The summed E-state index contributed by atoms with van der Waals surface area (Å²) in [6, 6.07) is 2.37. The maximum atomic E-state index is 11.4. The van der Waals surface area contributed by atoms with Crippen molar-refractivity contribution in [3.05, 3.63) is 5.56 Å². The van der Waals surface area contributed by atoms with Gasteiger partial charge in [0.25, 0.3) is 0 Å². The lowest BCUT2D eigenvalue weighted by Gasteiger charge is -2.04. The molecule has 1 aliphatic rings. The quantitative estimate of drug-likeness (QED) is 0.713. The third-order valence-electron chi connectivity index (χ3n) is 2.41. The fourth-order valence-corrected chi connectivity index (χ4v) is 2.04. The van der Waals surface area contributed by atoms with Gasteiger partial charge in [0.2, 0.25) is 5.91 Å². The molecule has 1 aromatic rings. The largest absolute Gasteiger partial charge is 0.382 e. The molecule has 4 N–H and O–H groups in total. The predicted octanol–water partition coefficient (Wildman–Crippen LogP) is 0.678. The number of hydrogen-bond acceptors (Lipinski definition) is 6. The summed E-state index contributed by atoms with van der Waals surface area (Å²) in [6.45, 7) is 0.481. The second-order valence-corrected chi connectivity index (χ2v) is 4.68. The molecule has 1 fully saturated rings. The van der Waals surface area contributed by atoms with Crippen molar-refractivity contribution in [3.63, 3.8) is 0 Å². The van der Waals surface area contributed by atoms with Gasteiger partial charge in [-0.05, 0) is 24.4 Å². The number of carbonyl (C=O) groups is 1. The van der Waals surface area contributed by atoms with Gasteiger partial charge in [-0.15, -0.1) is 0 Å². The molecule has 90 valence electrons. The van der Waals surface area contributed by atoms with E-state index in [1.165, 1.54) is 0 Å². The number of nitrogen functional groups attached to an aromatic ring is 1. The van der Waals surface area contributed by atoms with Crippen molar-refractivity contribution in [2.45, 2.75) is 25.3 Å². The molecule has 1 amide bonds. The smallest absolute Gasteiger partial charge is 0.221 e. The van der Waals surface area contributed by atoms with Crippen LogP contribution in [-0.4, -0.2) is 22.9 Å². The number of nitrogens with zero attached hydrogens (tertiary/aromatic N) is 2. The second kappa shape index (κ2) is 5.01. The van der Waals surface area contributed by atoms with Crippen LogP contribution < -0.4 is 16.4 Å². The number of carbonyl (C=O) groups excluding carboxylic acids is 1. The Morgan fingerprint density at radius 2 is 2.41 bits per heavy atom. The van der Waals surface area contributed by atoms with Crippen LogP contribution in [0.3, 0.4) is 0 Å². The highest BCUT2D eigenvalue weighted by Crippen LogP contribution is 2.25. The topological polar surface area (TPSA) is 104 Å². The zero-order valence-corrected chi connectivity index (χ0v) is 10.0. The van der Waals surface area contributed by atoms with Crippen molar-refractivity contribution in [2.75, 3.05) is 17.6 Å². The van der Waals surface area contributed by atoms with E-state index in [1.807, 2.05) is 6.07 Å². The molecule has 17 heavy (non-hydrogen) atoms. The van der Waals surface area contributed by atoms with Gasteiger partial charge in [-0.3, -0.25) is 4.79 Å². The summed E-state index contributed by atoms with van der Waals surface area (Å²) >= 11 is 1.14. The first kappa shape index (κ1) is 11.7. The fraction of sp³-hybridized carbons (Fsp3) is 0.500. The molecule has 0 atom stereocenters. The van der Waals surface area contributed by atoms with Gasteiger partial charge in [0, 0.05) is 19.0 Å².